The number of hydrogen-bond acceptors (Lipinski definition) is 3. The van der Waals surface area contributed by atoms with E-state index in [2.05, 4.69) is 33.9 Å². The second-order valence-corrected chi connectivity index (χ2v) is 12.4. The number of aliphatic hydroxyl groups excluding tert-OH is 1. The zero-order valence-corrected chi connectivity index (χ0v) is 14.9. The van der Waals surface area contributed by atoms with Crippen molar-refractivity contribution in [2.75, 3.05) is 0 Å². The van der Waals surface area contributed by atoms with Gasteiger partial charge in [-0.3, -0.25) is 0 Å². The average Bonchev–Trinajstić information content (AvgIpc) is 2.34. The minimum Gasteiger partial charge on any atom is -0.543 e. The van der Waals surface area contributed by atoms with Crippen LogP contribution in [0.5, 0.6) is 5.75 Å². The molecule has 0 bridgehead atoms. The molecule has 2 N–H and O–H groups in total. The molecule has 1 fully saturated rings. The average molecular weight is 308 g/mol. The highest BCUT2D eigenvalue weighted by molar-refractivity contribution is 6.74. The van der Waals surface area contributed by atoms with Crippen molar-refractivity contribution < 1.29 is 14.6 Å². The summed E-state index contributed by atoms with van der Waals surface area (Å²) in [5, 5.41) is 20.3. The zero-order chi connectivity index (χ0) is 15.9. The van der Waals surface area contributed by atoms with E-state index in [1.165, 1.54) is 0 Å². The zero-order valence-electron chi connectivity index (χ0n) is 13.9. The molecule has 1 aromatic rings. The second kappa shape index (κ2) is 5.41. The molecule has 2 rings (SSSR count). The monoisotopic (exact) mass is 308 g/mol. The maximum absolute atomic E-state index is 10.6. The van der Waals surface area contributed by atoms with Gasteiger partial charge in [-0.05, 0) is 60.7 Å². The molecule has 1 saturated carbocycles. The van der Waals surface area contributed by atoms with E-state index in [4.69, 9.17) is 4.43 Å². The fraction of sp³-hybridized carbons (Fsp3) is 0.647. The van der Waals surface area contributed by atoms with Gasteiger partial charge < -0.3 is 14.6 Å². The van der Waals surface area contributed by atoms with Crippen LogP contribution in [0.15, 0.2) is 18.2 Å². The van der Waals surface area contributed by atoms with Gasteiger partial charge in [-0.2, -0.15) is 0 Å². The summed E-state index contributed by atoms with van der Waals surface area (Å²) in [6.07, 6.45) is 2.57. The van der Waals surface area contributed by atoms with Gasteiger partial charge in [0.1, 0.15) is 5.75 Å². The van der Waals surface area contributed by atoms with E-state index >= 15 is 0 Å². The Morgan fingerprint density at radius 3 is 2.29 bits per heavy atom. The van der Waals surface area contributed by atoms with E-state index < -0.39 is 13.9 Å². The van der Waals surface area contributed by atoms with E-state index in [0.717, 1.165) is 36.1 Å². The second-order valence-electron chi connectivity index (χ2n) is 7.72. The highest BCUT2D eigenvalue weighted by Gasteiger charge is 2.40. The third kappa shape index (κ3) is 3.17. The van der Waals surface area contributed by atoms with Gasteiger partial charge in [0.05, 0.1) is 12.2 Å². The normalized spacial score (nSPS) is 18.2. The van der Waals surface area contributed by atoms with Crippen molar-refractivity contribution >= 4 is 8.32 Å². The van der Waals surface area contributed by atoms with Gasteiger partial charge in [0.25, 0.3) is 0 Å². The Morgan fingerprint density at radius 1 is 1.24 bits per heavy atom. The lowest BCUT2D eigenvalue weighted by atomic mass is 9.73. The number of aliphatic hydroxyl groups is 2. The lowest BCUT2D eigenvalue weighted by Gasteiger charge is -2.40. The van der Waals surface area contributed by atoms with Crippen LogP contribution in [0.2, 0.25) is 18.1 Å². The molecule has 1 aromatic carbocycles. The maximum Gasteiger partial charge on any atom is 0.250 e. The Balaban J connectivity index is 2.33. The summed E-state index contributed by atoms with van der Waals surface area (Å²) in [5.41, 5.74) is 0.873. The smallest absolute Gasteiger partial charge is 0.250 e. The van der Waals surface area contributed by atoms with Crippen molar-refractivity contribution in [2.24, 2.45) is 0 Å². The van der Waals surface area contributed by atoms with Crippen molar-refractivity contribution in [3.8, 4) is 5.75 Å². The summed E-state index contributed by atoms with van der Waals surface area (Å²) in [7, 11) is -1.89. The molecule has 1 aliphatic carbocycles. The first kappa shape index (κ1) is 16.5. The number of rotatable bonds is 4. The Kier molecular flexibility index (Phi) is 4.26. The third-order valence-corrected chi connectivity index (χ3v) is 9.47. The molecule has 21 heavy (non-hydrogen) atoms. The molecule has 0 unspecified atom stereocenters. The third-order valence-electron chi connectivity index (χ3n) is 5.11. The highest BCUT2D eigenvalue weighted by atomic mass is 28.4. The van der Waals surface area contributed by atoms with Gasteiger partial charge >= 0.3 is 0 Å². The molecule has 0 amide bonds. The molecule has 1 aliphatic rings. The van der Waals surface area contributed by atoms with Crippen molar-refractivity contribution in [3.63, 3.8) is 0 Å². The summed E-state index contributed by atoms with van der Waals surface area (Å²) >= 11 is 0. The quantitative estimate of drug-likeness (QED) is 0.829. The van der Waals surface area contributed by atoms with Crippen LogP contribution in [0.3, 0.4) is 0 Å². The first-order valence-corrected chi connectivity index (χ1v) is 10.7. The fourth-order valence-corrected chi connectivity index (χ4v) is 3.44. The van der Waals surface area contributed by atoms with Crippen molar-refractivity contribution in [1.82, 2.24) is 0 Å². The molecule has 0 aromatic heterocycles. The van der Waals surface area contributed by atoms with Crippen molar-refractivity contribution in [3.05, 3.63) is 29.3 Å². The summed E-state index contributed by atoms with van der Waals surface area (Å²) in [6.45, 7) is 11.0. The van der Waals surface area contributed by atoms with E-state index in [1.54, 1.807) is 0 Å². The summed E-state index contributed by atoms with van der Waals surface area (Å²) in [4.78, 5) is 0. The van der Waals surface area contributed by atoms with E-state index in [-0.39, 0.29) is 11.6 Å². The molecule has 0 heterocycles. The van der Waals surface area contributed by atoms with Gasteiger partial charge in [0.2, 0.25) is 8.32 Å². The van der Waals surface area contributed by atoms with Crippen LogP contribution in [0.4, 0.5) is 0 Å². The van der Waals surface area contributed by atoms with E-state index in [9.17, 15) is 10.2 Å². The van der Waals surface area contributed by atoms with Gasteiger partial charge in [-0.1, -0.05) is 26.8 Å². The summed E-state index contributed by atoms with van der Waals surface area (Å²) in [6, 6.07) is 5.73. The molecule has 3 nitrogen and oxygen atoms in total. The van der Waals surface area contributed by atoms with E-state index in [1.807, 2.05) is 18.2 Å². The van der Waals surface area contributed by atoms with E-state index in [0.29, 0.717) is 0 Å². The Bertz CT molecular complexity index is 513. The van der Waals surface area contributed by atoms with Crippen molar-refractivity contribution in [2.45, 2.75) is 70.4 Å². The Morgan fingerprint density at radius 2 is 1.86 bits per heavy atom. The van der Waals surface area contributed by atoms with Crippen LogP contribution >= 0.6 is 0 Å². The summed E-state index contributed by atoms with van der Waals surface area (Å²) < 4.78 is 6.32. The van der Waals surface area contributed by atoms with Crippen molar-refractivity contribution in [1.29, 1.82) is 0 Å². The van der Waals surface area contributed by atoms with Gasteiger partial charge in [0, 0.05) is 0 Å². The van der Waals surface area contributed by atoms with Crippen LogP contribution < -0.4 is 4.43 Å². The predicted octanol–water partition coefficient (Wildman–Crippen LogP) is 3.93. The number of benzene rings is 1. The first-order valence-electron chi connectivity index (χ1n) is 7.75. The topological polar surface area (TPSA) is 49.7 Å². The Hall–Kier alpha value is -0.843. The maximum atomic E-state index is 10.6. The molecule has 0 spiro atoms. The minimum absolute atomic E-state index is 0.0436. The first-order chi connectivity index (χ1) is 9.59. The fourth-order valence-electron chi connectivity index (χ4n) is 2.42. The predicted molar refractivity (Wildman–Crippen MR) is 87.9 cm³/mol. The Labute approximate surface area is 129 Å². The standard InChI is InChI=1S/C17H28O3Si/c1-16(2,3)21(4,5)20-14-8-7-13(12-18)15(11-14)17(19)9-6-10-17/h7-8,11,18-19H,6,9-10,12H2,1-5H3. The lowest BCUT2D eigenvalue weighted by molar-refractivity contribution is -0.0403. The van der Waals surface area contributed by atoms with Gasteiger partial charge in [-0.15, -0.1) is 0 Å². The number of hydrogen-bond donors (Lipinski definition) is 2. The summed E-state index contributed by atoms with van der Waals surface area (Å²) in [5.74, 6) is 0.814. The molecule has 0 atom stereocenters. The molecule has 0 aliphatic heterocycles. The van der Waals surface area contributed by atoms with Crippen LogP contribution in [0, 0.1) is 0 Å². The molecule has 0 saturated heterocycles. The molecular weight excluding hydrogens is 280 g/mol. The molecular formula is C17H28O3Si. The van der Waals surface area contributed by atoms with Gasteiger partial charge in [0.15, 0.2) is 0 Å². The minimum atomic E-state index is -1.89. The van der Waals surface area contributed by atoms with Crippen LogP contribution in [0.1, 0.15) is 51.2 Å². The molecule has 0 radical (unpaired) electrons. The largest absolute Gasteiger partial charge is 0.543 e. The van der Waals surface area contributed by atoms with Gasteiger partial charge in [-0.25, -0.2) is 0 Å². The van der Waals surface area contributed by atoms with Crippen LogP contribution in [0.25, 0.3) is 0 Å². The SMILES string of the molecule is CC(C)(C)[Si](C)(C)Oc1ccc(CO)c(C2(O)CCC2)c1. The lowest BCUT2D eigenvalue weighted by Crippen LogP contribution is -2.44. The van der Waals surface area contributed by atoms with Crippen LogP contribution in [-0.4, -0.2) is 18.5 Å². The highest BCUT2D eigenvalue weighted by Crippen LogP contribution is 2.44. The molecule has 118 valence electrons. The van der Waals surface area contributed by atoms with Crippen LogP contribution in [-0.2, 0) is 12.2 Å². The molecule has 4 heteroatoms.